The largest absolute Gasteiger partial charge is 0.455 e. The molecule has 10 rings (SSSR count). The second-order valence-electron chi connectivity index (χ2n) is 12.0. The Morgan fingerprint density at radius 3 is 1.83 bits per heavy atom. The van der Waals surface area contributed by atoms with Gasteiger partial charge < -0.3 is 13.8 Å². The fourth-order valence-corrected chi connectivity index (χ4v) is 7.31. The van der Waals surface area contributed by atoms with Crippen LogP contribution in [0.1, 0.15) is 5.56 Å². The first kappa shape index (κ1) is 25.2. The number of benzene rings is 6. The summed E-state index contributed by atoms with van der Waals surface area (Å²) in [6.07, 6.45) is 1.90. The zero-order chi connectivity index (χ0) is 30.4. The molecule has 0 aliphatic rings. The highest BCUT2D eigenvalue weighted by molar-refractivity contribution is 6.22. The van der Waals surface area contributed by atoms with Crippen LogP contribution in [0.4, 0.5) is 0 Å². The summed E-state index contributed by atoms with van der Waals surface area (Å²) in [4.78, 5) is 8.83. The predicted molar refractivity (Wildman–Crippen MR) is 189 cm³/mol. The van der Waals surface area contributed by atoms with Crippen LogP contribution in [0.25, 0.3) is 99.2 Å². The fourth-order valence-electron chi connectivity index (χ4n) is 7.31. The van der Waals surface area contributed by atoms with Crippen LogP contribution >= 0.6 is 0 Å². The SMILES string of the molecule is Cc1ccnc(-c2c(-c3cccc4c3oc3ccccc34)cc3c([nH]c4ccccc43)c2-c2cccc3c2oc2ccccc23)c1. The van der Waals surface area contributed by atoms with Gasteiger partial charge in [-0.1, -0.05) is 91.0 Å². The Morgan fingerprint density at radius 2 is 1.11 bits per heavy atom. The van der Waals surface area contributed by atoms with E-state index in [9.17, 15) is 0 Å². The lowest BCUT2D eigenvalue weighted by Gasteiger charge is -2.18. The highest BCUT2D eigenvalue weighted by Gasteiger charge is 2.26. The van der Waals surface area contributed by atoms with Gasteiger partial charge in [-0.3, -0.25) is 4.98 Å². The number of hydrogen-bond acceptors (Lipinski definition) is 3. The average molecular weight is 591 g/mol. The lowest BCUT2D eigenvalue weighted by molar-refractivity contribution is 0.670. The van der Waals surface area contributed by atoms with Gasteiger partial charge in [-0.2, -0.15) is 0 Å². The third kappa shape index (κ3) is 3.52. The van der Waals surface area contributed by atoms with E-state index in [0.29, 0.717) is 0 Å². The van der Waals surface area contributed by atoms with Gasteiger partial charge in [0, 0.05) is 66.3 Å². The normalized spacial score (nSPS) is 12.0. The summed E-state index contributed by atoms with van der Waals surface area (Å²) >= 11 is 0. The number of aryl methyl sites for hydroxylation is 1. The van der Waals surface area contributed by atoms with Gasteiger partial charge in [0.1, 0.15) is 22.3 Å². The molecule has 0 aliphatic carbocycles. The smallest absolute Gasteiger partial charge is 0.143 e. The summed E-state index contributed by atoms with van der Waals surface area (Å²) in [5.74, 6) is 0. The number of H-pyrrole nitrogens is 1. The number of pyridine rings is 1. The van der Waals surface area contributed by atoms with Crippen molar-refractivity contribution >= 4 is 65.7 Å². The summed E-state index contributed by atoms with van der Waals surface area (Å²) in [6, 6.07) is 44.5. The molecule has 0 radical (unpaired) electrons. The van der Waals surface area contributed by atoms with Crippen molar-refractivity contribution in [2.45, 2.75) is 6.92 Å². The molecule has 216 valence electrons. The Kier molecular flexibility index (Phi) is 5.17. The summed E-state index contributed by atoms with van der Waals surface area (Å²) < 4.78 is 13.3. The van der Waals surface area contributed by atoms with Crippen molar-refractivity contribution in [3.05, 3.63) is 139 Å². The first-order chi connectivity index (χ1) is 22.7. The summed E-state index contributed by atoms with van der Waals surface area (Å²) in [5, 5.41) is 6.69. The molecular formula is C42H26N2O2. The van der Waals surface area contributed by atoms with Crippen molar-refractivity contribution < 1.29 is 8.83 Å². The van der Waals surface area contributed by atoms with Crippen molar-refractivity contribution in [1.29, 1.82) is 0 Å². The molecule has 4 heteroatoms. The Morgan fingerprint density at radius 1 is 0.500 bits per heavy atom. The zero-order valence-corrected chi connectivity index (χ0v) is 25.0. The lowest BCUT2D eigenvalue weighted by Crippen LogP contribution is -1.95. The third-order valence-electron chi connectivity index (χ3n) is 9.34. The van der Waals surface area contributed by atoms with Gasteiger partial charge >= 0.3 is 0 Å². The molecule has 4 aromatic heterocycles. The number of rotatable bonds is 3. The van der Waals surface area contributed by atoms with Crippen LogP contribution in [-0.4, -0.2) is 9.97 Å². The number of nitrogens with one attached hydrogen (secondary N) is 1. The van der Waals surface area contributed by atoms with Crippen molar-refractivity contribution in [1.82, 2.24) is 9.97 Å². The van der Waals surface area contributed by atoms with Gasteiger partial charge in [-0.25, -0.2) is 0 Å². The van der Waals surface area contributed by atoms with Crippen molar-refractivity contribution in [3.63, 3.8) is 0 Å². The van der Waals surface area contributed by atoms with Gasteiger partial charge in [0.25, 0.3) is 0 Å². The molecule has 46 heavy (non-hydrogen) atoms. The van der Waals surface area contributed by atoms with E-state index < -0.39 is 0 Å². The van der Waals surface area contributed by atoms with E-state index in [1.807, 2.05) is 36.5 Å². The van der Waals surface area contributed by atoms with Crippen LogP contribution in [0.5, 0.6) is 0 Å². The highest BCUT2D eigenvalue weighted by atomic mass is 16.3. The van der Waals surface area contributed by atoms with E-state index in [0.717, 1.165) is 105 Å². The summed E-state index contributed by atoms with van der Waals surface area (Å²) in [6.45, 7) is 2.12. The van der Waals surface area contributed by atoms with E-state index >= 15 is 0 Å². The number of nitrogens with zero attached hydrogens (tertiary/aromatic N) is 1. The number of aromatic nitrogens is 2. The second kappa shape index (κ2) is 9.43. The van der Waals surface area contributed by atoms with Crippen LogP contribution in [0.2, 0.25) is 0 Å². The van der Waals surface area contributed by atoms with Crippen molar-refractivity contribution in [2.75, 3.05) is 0 Å². The maximum atomic E-state index is 6.68. The Labute approximate surface area is 263 Å². The molecule has 0 bridgehead atoms. The summed E-state index contributed by atoms with van der Waals surface area (Å²) in [5.41, 5.74) is 12.8. The molecule has 0 fully saturated rings. The molecular weight excluding hydrogens is 564 g/mol. The van der Waals surface area contributed by atoms with E-state index in [1.54, 1.807) is 0 Å². The maximum Gasteiger partial charge on any atom is 0.143 e. The van der Waals surface area contributed by atoms with E-state index in [2.05, 4.69) is 109 Å². The summed E-state index contributed by atoms with van der Waals surface area (Å²) in [7, 11) is 0. The highest BCUT2D eigenvalue weighted by Crippen LogP contribution is 2.50. The third-order valence-corrected chi connectivity index (χ3v) is 9.34. The Balaban J connectivity index is 1.44. The number of para-hydroxylation sites is 5. The Hall–Kier alpha value is -6.13. The molecule has 1 N–H and O–H groups in total. The predicted octanol–water partition coefficient (Wildman–Crippen LogP) is 11.8. The second-order valence-corrected chi connectivity index (χ2v) is 12.0. The Bertz CT molecular complexity index is 2830. The van der Waals surface area contributed by atoms with Gasteiger partial charge in [0.2, 0.25) is 0 Å². The molecule has 10 aromatic rings. The van der Waals surface area contributed by atoms with Crippen LogP contribution < -0.4 is 0 Å². The monoisotopic (exact) mass is 590 g/mol. The molecule has 0 saturated carbocycles. The van der Waals surface area contributed by atoms with Crippen molar-refractivity contribution in [3.8, 4) is 33.5 Å². The first-order valence-electron chi connectivity index (χ1n) is 15.5. The molecule has 0 atom stereocenters. The number of furan rings is 2. The van der Waals surface area contributed by atoms with Gasteiger partial charge in [0.05, 0.1) is 11.2 Å². The standard InChI is InChI=1S/C42H26N2O2/c1-24-20-21-43-35(22-24)38-32(30-15-8-13-28-26-11-3-6-18-36(26)45-41(28)30)23-33-25-10-2-5-17-34(25)44-40(33)39(38)31-16-9-14-29-27-12-4-7-19-37(27)46-42(29)31/h2-23,44H,1H3. The topological polar surface area (TPSA) is 55.0 Å². The van der Waals surface area contributed by atoms with E-state index in [1.165, 1.54) is 0 Å². The molecule has 6 aromatic carbocycles. The van der Waals surface area contributed by atoms with Gasteiger partial charge in [0.15, 0.2) is 0 Å². The number of aromatic amines is 1. The quantitative estimate of drug-likeness (QED) is 0.223. The average Bonchev–Trinajstić information content (AvgIpc) is 3.79. The van der Waals surface area contributed by atoms with E-state index in [-0.39, 0.29) is 0 Å². The number of fused-ring (bicyclic) bond motifs is 9. The minimum absolute atomic E-state index is 0.858. The van der Waals surface area contributed by atoms with Crippen LogP contribution in [0.3, 0.4) is 0 Å². The van der Waals surface area contributed by atoms with Crippen LogP contribution in [0.15, 0.2) is 142 Å². The molecule has 0 spiro atoms. The molecule has 0 amide bonds. The lowest BCUT2D eigenvalue weighted by atomic mass is 9.86. The number of hydrogen-bond donors (Lipinski definition) is 1. The van der Waals surface area contributed by atoms with Crippen LogP contribution in [0, 0.1) is 6.92 Å². The fraction of sp³-hybridized carbons (Fsp3) is 0.0238. The molecule has 4 nitrogen and oxygen atoms in total. The minimum Gasteiger partial charge on any atom is -0.455 e. The van der Waals surface area contributed by atoms with Crippen LogP contribution in [-0.2, 0) is 0 Å². The molecule has 0 aliphatic heterocycles. The first-order valence-corrected chi connectivity index (χ1v) is 15.5. The molecule has 0 unspecified atom stereocenters. The zero-order valence-electron chi connectivity index (χ0n) is 25.0. The van der Waals surface area contributed by atoms with Crippen molar-refractivity contribution in [2.24, 2.45) is 0 Å². The molecule has 0 saturated heterocycles. The van der Waals surface area contributed by atoms with E-state index in [4.69, 9.17) is 13.8 Å². The maximum absolute atomic E-state index is 6.68. The van der Waals surface area contributed by atoms with Gasteiger partial charge in [-0.05, 0) is 54.4 Å². The van der Waals surface area contributed by atoms with Gasteiger partial charge in [-0.15, -0.1) is 0 Å². The minimum atomic E-state index is 0.858. The molecule has 4 heterocycles.